The zero-order chi connectivity index (χ0) is 13.7. The lowest BCUT2D eigenvalue weighted by molar-refractivity contribution is 0.193. The van der Waals surface area contributed by atoms with Crippen molar-refractivity contribution in [2.24, 2.45) is 0 Å². The van der Waals surface area contributed by atoms with Gasteiger partial charge in [0.2, 0.25) is 0 Å². The van der Waals surface area contributed by atoms with Crippen molar-refractivity contribution in [3.63, 3.8) is 0 Å². The van der Waals surface area contributed by atoms with Crippen LogP contribution in [-0.4, -0.2) is 30.1 Å². The lowest BCUT2D eigenvalue weighted by atomic mass is 10.1. The summed E-state index contributed by atoms with van der Waals surface area (Å²) in [4.78, 5) is 2.64. The first-order valence-corrected chi connectivity index (χ1v) is 8.48. The molecule has 0 saturated carbocycles. The van der Waals surface area contributed by atoms with Crippen LogP contribution in [0.1, 0.15) is 38.7 Å². The standard InChI is InChI=1S/C16H25IN2/c1-3-4-16-12-19(13(2)9-10-18-16)11-14-5-7-15(17)8-6-14/h5-8,13,16,18H,3-4,9-12H2,1-2H3. The molecule has 106 valence electrons. The van der Waals surface area contributed by atoms with Gasteiger partial charge in [0.25, 0.3) is 0 Å². The monoisotopic (exact) mass is 372 g/mol. The lowest BCUT2D eigenvalue weighted by Gasteiger charge is -2.29. The maximum Gasteiger partial charge on any atom is 0.0237 e. The molecular formula is C16H25IN2. The number of rotatable bonds is 4. The smallest absolute Gasteiger partial charge is 0.0237 e. The van der Waals surface area contributed by atoms with Crippen LogP contribution in [0.15, 0.2) is 24.3 Å². The van der Waals surface area contributed by atoms with Gasteiger partial charge in [-0.1, -0.05) is 25.5 Å². The first-order chi connectivity index (χ1) is 9.19. The van der Waals surface area contributed by atoms with Gasteiger partial charge in [-0.05, 0) is 66.6 Å². The highest BCUT2D eigenvalue weighted by Gasteiger charge is 2.22. The highest BCUT2D eigenvalue weighted by Crippen LogP contribution is 2.16. The van der Waals surface area contributed by atoms with Gasteiger partial charge in [0.1, 0.15) is 0 Å². The van der Waals surface area contributed by atoms with E-state index in [1.165, 1.54) is 34.9 Å². The second-order valence-corrected chi connectivity index (χ2v) is 6.88. The SMILES string of the molecule is CCCC1CN(Cc2ccc(I)cc2)C(C)CCN1. The third-order valence-corrected chi connectivity index (χ3v) is 4.73. The molecule has 1 aromatic rings. The van der Waals surface area contributed by atoms with Crippen molar-refractivity contribution in [2.45, 2.75) is 51.7 Å². The molecule has 3 heteroatoms. The number of benzene rings is 1. The lowest BCUT2D eigenvalue weighted by Crippen LogP contribution is -2.39. The van der Waals surface area contributed by atoms with Crippen LogP contribution in [0, 0.1) is 3.57 Å². The molecule has 19 heavy (non-hydrogen) atoms. The molecule has 2 unspecified atom stereocenters. The van der Waals surface area contributed by atoms with Crippen molar-refractivity contribution in [3.05, 3.63) is 33.4 Å². The Morgan fingerprint density at radius 3 is 2.74 bits per heavy atom. The number of hydrogen-bond donors (Lipinski definition) is 1. The van der Waals surface area contributed by atoms with E-state index >= 15 is 0 Å². The summed E-state index contributed by atoms with van der Waals surface area (Å²) in [5.41, 5.74) is 1.43. The summed E-state index contributed by atoms with van der Waals surface area (Å²) in [7, 11) is 0. The number of nitrogens with zero attached hydrogens (tertiary/aromatic N) is 1. The third-order valence-electron chi connectivity index (χ3n) is 4.01. The van der Waals surface area contributed by atoms with Crippen molar-refractivity contribution >= 4 is 22.6 Å². The van der Waals surface area contributed by atoms with Crippen molar-refractivity contribution in [1.82, 2.24) is 10.2 Å². The first-order valence-electron chi connectivity index (χ1n) is 7.41. The predicted octanol–water partition coefficient (Wildman–Crippen LogP) is 3.64. The third kappa shape index (κ3) is 4.72. The van der Waals surface area contributed by atoms with Crippen molar-refractivity contribution < 1.29 is 0 Å². The molecule has 0 bridgehead atoms. The van der Waals surface area contributed by atoms with Gasteiger partial charge in [-0.2, -0.15) is 0 Å². The van der Waals surface area contributed by atoms with E-state index in [9.17, 15) is 0 Å². The van der Waals surface area contributed by atoms with Gasteiger partial charge in [-0.15, -0.1) is 0 Å². The number of hydrogen-bond acceptors (Lipinski definition) is 2. The van der Waals surface area contributed by atoms with Crippen LogP contribution in [0.2, 0.25) is 0 Å². The van der Waals surface area contributed by atoms with E-state index in [0.717, 1.165) is 13.1 Å². The minimum absolute atomic E-state index is 0.666. The van der Waals surface area contributed by atoms with Crippen LogP contribution in [0.5, 0.6) is 0 Å². The van der Waals surface area contributed by atoms with E-state index in [0.29, 0.717) is 12.1 Å². The summed E-state index contributed by atoms with van der Waals surface area (Å²) < 4.78 is 1.32. The summed E-state index contributed by atoms with van der Waals surface area (Å²) in [5.74, 6) is 0. The molecule has 0 spiro atoms. The van der Waals surface area contributed by atoms with Gasteiger partial charge < -0.3 is 5.32 Å². The van der Waals surface area contributed by atoms with Crippen LogP contribution < -0.4 is 5.32 Å². The highest BCUT2D eigenvalue weighted by atomic mass is 127. The molecule has 1 aliphatic heterocycles. The van der Waals surface area contributed by atoms with Crippen LogP contribution in [0.25, 0.3) is 0 Å². The maximum absolute atomic E-state index is 3.69. The Kier molecular flexibility index (Phi) is 6.10. The van der Waals surface area contributed by atoms with Gasteiger partial charge in [-0.3, -0.25) is 4.90 Å². The second-order valence-electron chi connectivity index (χ2n) is 5.63. The number of nitrogens with one attached hydrogen (secondary N) is 1. The quantitative estimate of drug-likeness (QED) is 0.812. The molecule has 1 fully saturated rings. The minimum atomic E-state index is 0.666. The largest absolute Gasteiger partial charge is 0.313 e. The second kappa shape index (κ2) is 7.60. The van der Waals surface area contributed by atoms with Crippen LogP contribution in [-0.2, 0) is 6.54 Å². The number of halogens is 1. The topological polar surface area (TPSA) is 15.3 Å². The highest BCUT2D eigenvalue weighted by molar-refractivity contribution is 14.1. The van der Waals surface area contributed by atoms with Gasteiger partial charge in [0.05, 0.1) is 0 Å². The molecule has 1 heterocycles. The van der Waals surface area contributed by atoms with E-state index in [1.807, 2.05) is 0 Å². The van der Waals surface area contributed by atoms with Gasteiger partial charge in [0.15, 0.2) is 0 Å². The summed E-state index contributed by atoms with van der Waals surface area (Å²) >= 11 is 2.37. The Morgan fingerprint density at radius 2 is 2.05 bits per heavy atom. The van der Waals surface area contributed by atoms with Gasteiger partial charge in [-0.25, -0.2) is 0 Å². The first kappa shape index (κ1) is 15.3. The molecule has 2 rings (SSSR count). The Labute approximate surface area is 131 Å². The van der Waals surface area contributed by atoms with Gasteiger partial charge in [0, 0.05) is 28.7 Å². The zero-order valence-corrected chi connectivity index (χ0v) is 14.2. The fraction of sp³-hybridized carbons (Fsp3) is 0.625. The molecule has 0 aromatic heterocycles. The summed E-state index contributed by atoms with van der Waals surface area (Å²) in [6, 6.07) is 10.3. The van der Waals surface area contributed by atoms with E-state index in [4.69, 9.17) is 0 Å². The normalized spacial score (nSPS) is 25.2. The van der Waals surface area contributed by atoms with E-state index < -0.39 is 0 Å². The minimum Gasteiger partial charge on any atom is -0.313 e. The fourth-order valence-electron chi connectivity index (χ4n) is 2.79. The molecule has 0 aliphatic carbocycles. The Bertz CT molecular complexity index is 377. The molecule has 2 nitrogen and oxygen atoms in total. The molecule has 1 N–H and O–H groups in total. The molecule has 1 aromatic carbocycles. The van der Waals surface area contributed by atoms with Crippen molar-refractivity contribution in [2.75, 3.05) is 13.1 Å². The average Bonchev–Trinajstić information content (AvgIpc) is 2.56. The van der Waals surface area contributed by atoms with Crippen LogP contribution >= 0.6 is 22.6 Å². The molecular weight excluding hydrogens is 347 g/mol. The summed E-state index contributed by atoms with van der Waals surface area (Å²) in [6.45, 7) is 8.07. The maximum atomic E-state index is 3.69. The molecule has 1 aliphatic rings. The van der Waals surface area contributed by atoms with E-state index in [2.05, 4.69) is 70.9 Å². The summed E-state index contributed by atoms with van der Waals surface area (Å²) in [5, 5.41) is 3.69. The predicted molar refractivity (Wildman–Crippen MR) is 90.3 cm³/mol. The van der Waals surface area contributed by atoms with Crippen LogP contribution in [0.4, 0.5) is 0 Å². The summed E-state index contributed by atoms with van der Waals surface area (Å²) in [6.07, 6.45) is 3.81. The van der Waals surface area contributed by atoms with Crippen molar-refractivity contribution in [1.29, 1.82) is 0 Å². The fourth-order valence-corrected chi connectivity index (χ4v) is 3.15. The van der Waals surface area contributed by atoms with E-state index in [1.54, 1.807) is 0 Å². The van der Waals surface area contributed by atoms with Crippen LogP contribution in [0.3, 0.4) is 0 Å². The molecule has 0 radical (unpaired) electrons. The van der Waals surface area contributed by atoms with Gasteiger partial charge >= 0.3 is 0 Å². The molecule has 1 saturated heterocycles. The Hall–Kier alpha value is -0.130. The zero-order valence-electron chi connectivity index (χ0n) is 12.0. The van der Waals surface area contributed by atoms with E-state index in [-0.39, 0.29) is 0 Å². The Morgan fingerprint density at radius 1 is 1.32 bits per heavy atom. The average molecular weight is 372 g/mol. The van der Waals surface area contributed by atoms with Crippen molar-refractivity contribution in [3.8, 4) is 0 Å². The molecule has 0 amide bonds. The molecule has 2 atom stereocenters. The Balaban J connectivity index is 2.00.